The van der Waals surface area contributed by atoms with Crippen molar-refractivity contribution in [1.82, 2.24) is 19.5 Å². The summed E-state index contributed by atoms with van der Waals surface area (Å²) >= 11 is 0. The van der Waals surface area contributed by atoms with E-state index in [4.69, 9.17) is 9.47 Å². The fourth-order valence-electron chi connectivity index (χ4n) is 3.54. The van der Waals surface area contributed by atoms with Gasteiger partial charge in [0.1, 0.15) is 0 Å². The standard InChI is InChI=1S/C27H31F3N6O8S/c1-18(2)25(37)43-17-44-33-36(39)34(4)14-5-15-42-26(38)32-45(40,41)22-12-10-21(11-13-22)35-23(16-24(31-35)27(28,29)30)20-8-6-19(3)7-9-20/h6-13,16,18H,5,14-15,17H2,1-4H3,(H,32,38)/b36-33-. The van der Waals surface area contributed by atoms with Gasteiger partial charge in [0.05, 0.1) is 47.4 Å². The summed E-state index contributed by atoms with van der Waals surface area (Å²) in [5.74, 6) is -0.910. The summed E-state index contributed by atoms with van der Waals surface area (Å²) in [5, 5.41) is 19.7. The Balaban J connectivity index is 1.56. The first-order valence-electron chi connectivity index (χ1n) is 13.3. The number of hydrazine groups is 1. The Labute approximate surface area is 256 Å². The normalized spacial score (nSPS) is 12.1. The van der Waals surface area contributed by atoms with Crippen molar-refractivity contribution in [3.8, 4) is 16.9 Å². The van der Waals surface area contributed by atoms with E-state index in [2.05, 4.69) is 15.2 Å². The Morgan fingerprint density at radius 2 is 1.76 bits per heavy atom. The third-order valence-electron chi connectivity index (χ3n) is 5.96. The third-order valence-corrected chi connectivity index (χ3v) is 7.29. The van der Waals surface area contributed by atoms with Gasteiger partial charge in [0.25, 0.3) is 16.8 Å². The molecular weight excluding hydrogens is 625 g/mol. The molecule has 0 aliphatic rings. The predicted octanol–water partition coefficient (Wildman–Crippen LogP) is 4.57. The molecule has 1 aromatic heterocycles. The number of rotatable bonds is 13. The molecule has 0 spiro atoms. The van der Waals surface area contributed by atoms with Crippen LogP contribution in [0.2, 0.25) is 0 Å². The fourth-order valence-corrected chi connectivity index (χ4v) is 4.43. The van der Waals surface area contributed by atoms with Gasteiger partial charge < -0.3 is 19.5 Å². The number of esters is 1. The Morgan fingerprint density at radius 1 is 1.11 bits per heavy atom. The van der Waals surface area contributed by atoms with Crippen LogP contribution in [-0.2, 0) is 35.3 Å². The molecule has 18 heteroatoms. The second-order valence-corrected chi connectivity index (χ2v) is 11.5. The number of aromatic nitrogens is 2. The summed E-state index contributed by atoms with van der Waals surface area (Å²) in [4.78, 5) is 27.7. The first-order valence-corrected chi connectivity index (χ1v) is 14.8. The molecule has 0 radical (unpaired) electrons. The lowest BCUT2D eigenvalue weighted by atomic mass is 10.1. The average Bonchev–Trinajstić information content (AvgIpc) is 3.44. The van der Waals surface area contributed by atoms with Crippen molar-refractivity contribution in [3.05, 3.63) is 71.1 Å². The molecule has 3 rings (SSSR count). The lowest BCUT2D eigenvalue weighted by molar-refractivity contribution is -0.706. The first-order chi connectivity index (χ1) is 21.1. The smallest absolute Gasteiger partial charge is 0.435 e. The fraction of sp³-hybridized carbons (Fsp3) is 0.370. The highest BCUT2D eigenvalue weighted by atomic mass is 32.2. The minimum atomic E-state index is -4.71. The third kappa shape index (κ3) is 9.82. The van der Waals surface area contributed by atoms with Gasteiger partial charge in [0, 0.05) is 12.0 Å². The summed E-state index contributed by atoms with van der Waals surface area (Å²) in [7, 11) is -3.05. The van der Waals surface area contributed by atoms with Crippen LogP contribution in [0.5, 0.6) is 0 Å². The van der Waals surface area contributed by atoms with Crippen LogP contribution in [0.15, 0.2) is 64.8 Å². The van der Waals surface area contributed by atoms with Gasteiger partial charge in [0.2, 0.25) is 5.28 Å². The SMILES string of the molecule is Cc1ccc(-c2cc(C(F)(F)F)nn2-c2ccc(S(=O)(=O)NC(=O)OCCCN(C)/[N+]([O-])=N/OCOC(=O)C(C)C)cc2)cc1. The van der Waals surface area contributed by atoms with E-state index in [1.165, 1.54) is 19.2 Å². The number of nitrogens with zero attached hydrogens (tertiary/aromatic N) is 5. The maximum Gasteiger partial charge on any atom is 0.435 e. The minimum absolute atomic E-state index is 0.0255. The van der Waals surface area contributed by atoms with E-state index in [9.17, 15) is 36.4 Å². The molecule has 3 aromatic rings. The number of halogens is 3. The van der Waals surface area contributed by atoms with Crippen LogP contribution in [-0.4, -0.2) is 67.2 Å². The number of hydrogen-bond acceptors (Lipinski definition) is 10. The second kappa shape index (κ2) is 14.7. The molecule has 0 fully saturated rings. The van der Waals surface area contributed by atoms with Crippen molar-refractivity contribution < 1.29 is 50.5 Å². The molecule has 0 unspecified atom stereocenters. The number of sulfonamides is 1. The van der Waals surface area contributed by atoms with Gasteiger partial charge in [-0.15, -0.1) is 5.01 Å². The molecule has 0 saturated carbocycles. The Hall–Kier alpha value is -4.87. The molecule has 45 heavy (non-hydrogen) atoms. The summed E-state index contributed by atoms with van der Waals surface area (Å²) in [6, 6.07) is 12.4. The van der Waals surface area contributed by atoms with Crippen molar-refractivity contribution in [3.63, 3.8) is 0 Å². The van der Waals surface area contributed by atoms with Gasteiger partial charge in [-0.25, -0.2) is 22.6 Å². The number of carbonyl (C=O) groups is 2. The average molecular weight is 657 g/mol. The number of amides is 1. The van der Waals surface area contributed by atoms with Crippen LogP contribution in [0.25, 0.3) is 16.9 Å². The molecule has 244 valence electrons. The van der Waals surface area contributed by atoms with Crippen molar-refractivity contribution >= 4 is 22.1 Å². The highest BCUT2D eigenvalue weighted by molar-refractivity contribution is 7.90. The zero-order chi connectivity index (χ0) is 33.4. The van der Waals surface area contributed by atoms with Crippen molar-refractivity contribution in [2.24, 2.45) is 11.2 Å². The summed E-state index contributed by atoms with van der Waals surface area (Å²) in [5.41, 5.74) is 0.529. The van der Waals surface area contributed by atoms with Crippen LogP contribution in [0.4, 0.5) is 18.0 Å². The summed E-state index contributed by atoms with van der Waals surface area (Å²) in [6.45, 7) is 4.27. The summed E-state index contributed by atoms with van der Waals surface area (Å²) < 4.78 is 78.1. The molecule has 1 amide bonds. The monoisotopic (exact) mass is 656 g/mol. The molecule has 0 saturated heterocycles. The number of benzene rings is 2. The summed E-state index contributed by atoms with van der Waals surface area (Å²) in [6.07, 6.45) is -5.90. The Bertz CT molecular complexity index is 1610. The molecule has 1 heterocycles. The number of nitrogens with one attached hydrogen (secondary N) is 1. The number of carbonyl (C=O) groups excluding carboxylic acids is 2. The van der Waals surface area contributed by atoms with E-state index in [-0.39, 0.29) is 46.7 Å². The van der Waals surface area contributed by atoms with Crippen molar-refractivity contribution in [2.45, 2.75) is 38.3 Å². The molecule has 2 aromatic carbocycles. The lowest BCUT2D eigenvalue weighted by Crippen LogP contribution is -2.32. The maximum absolute atomic E-state index is 13.5. The highest BCUT2D eigenvalue weighted by Crippen LogP contribution is 2.33. The van der Waals surface area contributed by atoms with E-state index in [0.29, 0.717) is 5.56 Å². The maximum atomic E-state index is 13.5. The van der Waals surface area contributed by atoms with Crippen LogP contribution in [0.3, 0.4) is 0 Å². The largest absolute Gasteiger partial charge is 0.569 e. The van der Waals surface area contributed by atoms with E-state index in [1.54, 1.807) is 42.8 Å². The van der Waals surface area contributed by atoms with E-state index < -0.39 is 40.7 Å². The van der Waals surface area contributed by atoms with E-state index >= 15 is 0 Å². The molecule has 1 N–H and O–H groups in total. The number of ether oxygens (including phenoxy) is 2. The zero-order valence-electron chi connectivity index (χ0n) is 24.6. The quantitative estimate of drug-likeness (QED) is 0.0687. The Morgan fingerprint density at radius 3 is 2.36 bits per heavy atom. The Kier molecular flexibility index (Phi) is 11.3. The predicted molar refractivity (Wildman–Crippen MR) is 151 cm³/mol. The van der Waals surface area contributed by atoms with E-state index in [0.717, 1.165) is 33.5 Å². The zero-order valence-corrected chi connectivity index (χ0v) is 25.5. The van der Waals surface area contributed by atoms with Crippen LogP contribution >= 0.6 is 0 Å². The van der Waals surface area contributed by atoms with Crippen molar-refractivity contribution in [1.29, 1.82) is 0 Å². The number of hydrogen-bond donors (Lipinski definition) is 1. The molecule has 14 nitrogen and oxygen atoms in total. The topological polar surface area (TPSA) is 167 Å². The van der Waals surface area contributed by atoms with Gasteiger partial charge in [-0.05, 0) is 37.3 Å². The van der Waals surface area contributed by atoms with Crippen LogP contribution < -0.4 is 4.72 Å². The van der Waals surface area contributed by atoms with Crippen molar-refractivity contribution in [2.75, 3.05) is 27.0 Å². The lowest BCUT2D eigenvalue weighted by Gasteiger charge is -2.13. The highest BCUT2D eigenvalue weighted by Gasteiger charge is 2.35. The van der Waals surface area contributed by atoms with E-state index in [1.807, 2.05) is 6.92 Å². The minimum Gasteiger partial charge on any atom is -0.569 e. The van der Waals surface area contributed by atoms with Gasteiger partial charge in [-0.3, -0.25) is 4.79 Å². The van der Waals surface area contributed by atoms with Gasteiger partial charge in [-0.2, -0.15) is 18.3 Å². The van der Waals surface area contributed by atoms with Crippen LogP contribution in [0.1, 0.15) is 31.5 Å². The molecule has 0 bridgehead atoms. The number of aryl methyl sites for hydroxylation is 1. The first kappa shape index (κ1) is 34.6. The van der Waals surface area contributed by atoms with Gasteiger partial charge in [-0.1, -0.05) is 43.7 Å². The second-order valence-electron chi connectivity index (χ2n) is 9.86. The van der Waals surface area contributed by atoms with Gasteiger partial charge in [0.15, 0.2) is 5.69 Å². The molecule has 0 aliphatic heterocycles. The molecule has 0 aliphatic carbocycles. The number of alkyl halides is 3. The van der Waals surface area contributed by atoms with Gasteiger partial charge >= 0.3 is 18.2 Å². The molecular formula is C27H31F3N6O8S. The van der Waals surface area contributed by atoms with Crippen LogP contribution in [0, 0.1) is 18.0 Å². The molecule has 0 atom stereocenters.